The van der Waals surface area contributed by atoms with E-state index in [1.165, 1.54) is 24.4 Å². The van der Waals surface area contributed by atoms with Gasteiger partial charge in [-0.1, -0.05) is 6.08 Å². The van der Waals surface area contributed by atoms with Crippen molar-refractivity contribution in [2.45, 2.75) is 45.8 Å². The van der Waals surface area contributed by atoms with Gasteiger partial charge in [0, 0.05) is 18.7 Å². The zero-order valence-electron chi connectivity index (χ0n) is 16.7. The van der Waals surface area contributed by atoms with Gasteiger partial charge in [-0.15, -0.1) is 0 Å². The summed E-state index contributed by atoms with van der Waals surface area (Å²) in [5.41, 5.74) is 5.23. The van der Waals surface area contributed by atoms with E-state index in [1.54, 1.807) is 27.7 Å². The molecule has 0 saturated carbocycles. The van der Waals surface area contributed by atoms with E-state index in [4.69, 9.17) is 19.9 Å². The summed E-state index contributed by atoms with van der Waals surface area (Å²) < 4.78 is 30.1. The Bertz CT molecular complexity index is 832. The molecule has 0 aromatic carbocycles. The van der Waals surface area contributed by atoms with Gasteiger partial charge in [0.15, 0.2) is 5.82 Å². The van der Waals surface area contributed by atoms with Crippen LogP contribution in [0, 0.1) is 0 Å². The number of nitrogens with two attached hydrogens (primary N) is 1. The van der Waals surface area contributed by atoms with E-state index < -0.39 is 29.7 Å². The first kappa shape index (κ1) is 22.0. The second-order valence-corrected chi connectivity index (χ2v) is 7.07. The predicted molar refractivity (Wildman–Crippen MR) is 105 cm³/mol. The zero-order chi connectivity index (χ0) is 21.6. The van der Waals surface area contributed by atoms with Crippen molar-refractivity contribution in [3.05, 3.63) is 35.9 Å². The Hall–Kier alpha value is -3.30. The minimum Gasteiger partial charge on any atom is -0.484 e. The van der Waals surface area contributed by atoms with Gasteiger partial charge >= 0.3 is 12.2 Å². The van der Waals surface area contributed by atoms with Gasteiger partial charge < -0.3 is 19.9 Å². The Labute approximate surface area is 168 Å². The van der Waals surface area contributed by atoms with Crippen LogP contribution in [0.5, 0.6) is 5.75 Å². The summed E-state index contributed by atoms with van der Waals surface area (Å²) in [6, 6.07) is 1.49. The minimum atomic E-state index is -0.755. The average Bonchev–Trinajstić information content (AvgIpc) is 2.59. The molecular formula is C19H25FN4O5. The number of amides is 2. The Morgan fingerprint density at radius 1 is 1.31 bits per heavy atom. The number of hydrogen-bond acceptors (Lipinski definition) is 7. The number of nitrogen functional groups attached to an aromatic ring is 1. The highest BCUT2D eigenvalue weighted by Gasteiger charge is 2.23. The van der Waals surface area contributed by atoms with Gasteiger partial charge in [0.25, 0.3) is 0 Å². The second-order valence-electron chi connectivity index (χ2n) is 7.07. The van der Waals surface area contributed by atoms with E-state index in [2.05, 4.69) is 15.6 Å². The van der Waals surface area contributed by atoms with Gasteiger partial charge in [0.05, 0.1) is 12.3 Å². The number of rotatable bonds is 5. The predicted octanol–water partition coefficient (Wildman–Crippen LogP) is 3.65. The summed E-state index contributed by atoms with van der Waals surface area (Å²) in [4.78, 5) is 27.4. The highest BCUT2D eigenvalue weighted by atomic mass is 19.1. The van der Waals surface area contributed by atoms with Crippen molar-refractivity contribution in [2.75, 3.05) is 17.7 Å². The van der Waals surface area contributed by atoms with Crippen molar-refractivity contribution in [2.24, 2.45) is 0 Å². The van der Waals surface area contributed by atoms with E-state index in [-0.39, 0.29) is 36.0 Å². The molecule has 0 aliphatic heterocycles. The number of hydrogen-bond donors (Lipinski definition) is 3. The van der Waals surface area contributed by atoms with Gasteiger partial charge in [-0.2, -0.15) is 0 Å². The number of nitrogens with zero attached hydrogens (tertiary/aromatic N) is 1. The quantitative estimate of drug-likeness (QED) is 0.679. The highest BCUT2D eigenvalue weighted by molar-refractivity contribution is 5.90. The number of anilines is 2. The first-order valence-corrected chi connectivity index (χ1v) is 9.01. The maximum atomic E-state index is 14.4. The van der Waals surface area contributed by atoms with E-state index in [0.29, 0.717) is 0 Å². The third kappa shape index (κ3) is 6.66. The second kappa shape index (κ2) is 9.26. The van der Waals surface area contributed by atoms with Crippen LogP contribution in [0.25, 0.3) is 0 Å². The molecule has 1 atom stereocenters. The van der Waals surface area contributed by atoms with Crippen LogP contribution in [0.2, 0.25) is 0 Å². The van der Waals surface area contributed by atoms with Crippen molar-refractivity contribution in [3.63, 3.8) is 0 Å². The van der Waals surface area contributed by atoms with Crippen LogP contribution in [0.1, 0.15) is 34.1 Å². The number of ether oxygens (including phenoxy) is 3. The lowest BCUT2D eigenvalue weighted by molar-refractivity contribution is 0.0544. The molecule has 29 heavy (non-hydrogen) atoms. The summed E-state index contributed by atoms with van der Waals surface area (Å²) in [6.45, 7) is 6.96. The number of pyridine rings is 1. The third-order valence-electron chi connectivity index (χ3n) is 3.50. The van der Waals surface area contributed by atoms with Crippen LogP contribution in [0.4, 0.5) is 25.5 Å². The first-order valence-electron chi connectivity index (χ1n) is 9.01. The fourth-order valence-electron chi connectivity index (χ4n) is 2.37. The molecule has 1 aromatic rings. The SMILES string of the molecule is CCOC(=O)Nc1c(OC2C=C(F)C(NC(=O)OC(C)(C)C)=CC2)ccnc1N. The number of alkyl carbamates (subject to hydrolysis) is 1. The van der Waals surface area contributed by atoms with Crippen molar-refractivity contribution in [1.29, 1.82) is 0 Å². The Morgan fingerprint density at radius 2 is 2.03 bits per heavy atom. The molecule has 0 spiro atoms. The Balaban J connectivity index is 2.06. The number of allylic oxidation sites excluding steroid dienone is 1. The van der Waals surface area contributed by atoms with Crippen molar-refractivity contribution in [1.82, 2.24) is 10.3 Å². The molecule has 158 valence electrons. The Morgan fingerprint density at radius 3 is 2.66 bits per heavy atom. The van der Waals surface area contributed by atoms with Gasteiger partial charge in [-0.25, -0.2) is 19.0 Å². The normalized spacial score (nSPS) is 16.2. The molecule has 10 heteroatoms. The van der Waals surface area contributed by atoms with Crippen LogP contribution < -0.4 is 21.1 Å². The fourth-order valence-corrected chi connectivity index (χ4v) is 2.37. The lowest BCUT2D eigenvalue weighted by Gasteiger charge is -2.23. The van der Waals surface area contributed by atoms with Gasteiger partial charge in [-0.3, -0.25) is 10.6 Å². The standard InChI is InChI=1S/C19H25FN4O5/c1-5-27-17(25)24-15-14(8-9-22-16(15)21)28-11-6-7-13(12(20)10-11)23-18(26)29-19(2,3)4/h7-11H,5-6H2,1-4H3,(H2,21,22)(H,23,26)(H,24,25). The molecule has 9 nitrogen and oxygen atoms in total. The summed E-state index contributed by atoms with van der Waals surface area (Å²) in [5.74, 6) is -0.441. The molecule has 0 bridgehead atoms. The third-order valence-corrected chi connectivity index (χ3v) is 3.50. The lowest BCUT2D eigenvalue weighted by atomic mass is 10.1. The summed E-state index contributed by atoms with van der Waals surface area (Å²) >= 11 is 0. The van der Waals surface area contributed by atoms with Gasteiger partial charge in [0.2, 0.25) is 0 Å². The van der Waals surface area contributed by atoms with E-state index in [1.807, 2.05) is 0 Å². The Kier molecular flexibility index (Phi) is 7.03. The van der Waals surface area contributed by atoms with Crippen LogP contribution in [-0.4, -0.2) is 35.5 Å². The summed E-state index contributed by atoms with van der Waals surface area (Å²) in [5, 5.41) is 4.83. The van der Waals surface area contributed by atoms with Crippen LogP contribution in [-0.2, 0) is 9.47 Å². The largest absolute Gasteiger partial charge is 0.484 e. The maximum absolute atomic E-state index is 14.4. The van der Waals surface area contributed by atoms with Crippen LogP contribution in [0.3, 0.4) is 0 Å². The summed E-state index contributed by atoms with van der Waals surface area (Å²) in [7, 11) is 0. The number of carbonyl (C=O) groups excluding carboxylic acids is 2. The molecule has 2 rings (SSSR count). The molecule has 1 aliphatic carbocycles. The number of aromatic nitrogens is 1. The first-order chi connectivity index (χ1) is 13.6. The minimum absolute atomic E-state index is 0.00165. The molecule has 0 radical (unpaired) electrons. The monoisotopic (exact) mass is 408 g/mol. The van der Waals surface area contributed by atoms with E-state index in [9.17, 15) is 14.0 Å². The van der Waals surface area contributed by atoms with E-state index >= 15 is 0 Å². The topological polar surface area (TPSA) is 125 Å². The molecule has 1 aliphatic rings. The summed E-state index contributed by atoms with van der Waals surface area (Å²) in [6.07, 6.45) is 2.18. The van der Waals surface area contributed by atoms with Gasteiger partial charge in [0.1, 0.15) is 29.0 Å². The number of nitrogens with one attached hydrogen (secondary N) is 2. The molecule has 1 unspecified atom stereocenters. The van der Waals surface area contributed by atoms with Crippen LogP contribution >= 0.6 is 0 Å². The van der Waals surface area contributed by atoms with Crippen LogP contribution in [0.15, 0.2) is 35.9 Å². The molecule has 0 fully saturated rings. The average molecular weight is 408 g/mol. The van der Waals surface area contributed by atoms with Gasteiger partial charge in [-0.05, 0) is 33.8 Å². The van der Waals surface area contributed by atoms with Crippen molar-refractivity contribution >= 4 is 23.7 Å². The number of halogens is 1. The maximum Gasteiger partial charge on any atom is 0.412 e. The van der Waals surface area contributed by atoms with Crippen molar-refractivity contribution in [3.8, 4) is 5.75 Å². The molecule has 1 aromatic heterocycles. The lowest BCUT2D eigenvalue weighted by Crippen LogP contribution is -2.33. The van der Waals surface area contributed by atoms with E-state index in [0.717, 1.165) is 0 Å². The molecule has 2 amide bonds. The van der Waals surface area contributed by atoms with Crippen molar-refractivity contribution < 1.29 is 28.2 Å². The molecular weight excluding hydrogens is 383 g/mol. The smallest absolute Gasteiger partial charge is 0.412 e. The molecule has 4 N–H and O–H groups in total. The highest BCUT2D eigenvalue weighted by Crippen LogP contribution is 2.32. The zero-order valence-corrected chi connectivity index (χ0v) is 16.7. The molecule has 0 saturated heterocycles. The molecule has 1 heterocycles. The fraction of sp³-hybridized carbons (Fsp3) is 0.421. The number of carbonyl (C=O) groups is 2.